The Hall–Kier alpha value is -1.73. The molecule has 0 unspecified atom stereocenters. The molecule has 1 aromatic carbocycles. The second kappa shape index (κ2) is 8.21. The molecule has 1 saturated heterocycles. The Morgan fingerprint density at radius 2 is 2.13 bits per heavy atom. The maximum atomic E-state index is 13.2. The minimum Gasteiger partial charge on any atom is -0.550 e. The minimum atomic E-state index is -1.06. The number of unbranched alkanes of at least 4 members (excludes halogenated alkanes) is 2. The Morgan fingerprint density at radius 3 is 2.83 bits per heavy atom. The normalized spacial score (nSPS) is 16.4. The molecular formula is C16H15FNO3S2-. The lowest BCUT2D eigenvalue weighted by atomic mass is 10.2. The molecule has 7 heteroatoms. The number of amides is 1. The number of hydrogen-bond donors (Lipinski definition) is 0. The van der Waals surface area contributed by atoms with E-state index >= 15 is 0 Å². The van der Waals surface area contributed by atoms with Crippen LogP contribution in [-0.4, -0.2) is 27.6 Å². The largest absolute Gasteiger partial charge is 0.550 e. The van der Waals surface area contributed by atoms with Crippen LogP contribution in [-0.2, 0) is 9.59 Å². The molecular weight excluding hydrogens is 337 g/mol. The van der Waals surface area contributed by atoms with Crippen molar-refractivity contribution in [1.82, 2.24) is 4.90 Å². The van der Waals surface area contributed by atoms with Crippen molar-refractivity contribution in [2.75, 3.05) is 6.54 Å². The first-order chi connectivity index (χ1) is 11.0. The third-order valence-electron chi connectivity index (χ3n) is 3.28. The number of aliphatic carboxylic acids is 1. The minimum absolute atomic E-state index is 0.0257. The van der Waals surface area contributed by atoms with E-state index in [2.05, 4.69) is 0 Å². The zero-order valence-electron chi connectivity index (χ0n) is 12.3. The molecule has 0 N–H and O–H groups in total. The quantitative estimate of drug-likeness (QED) is 0.428. The van der Waals surface area contributed by atoms with Gasteiger partial charge in [0.15, 0.2) is 0 Å². The maximum Gasteiger partial charge on any atom is 0.266 e. The molecule has 1 aliphatic rings. The topological polar surface area (TPSA) is 60.4 Å². The third-order valence-corrected chi connectivity index (χ3v) is 4.66. The molecule has 0 atom stereocenters. The van der Waals surface area contributed by atoms with E-state index in [9.17, 15) is 19.1 Å². The summed E-state index contributed by atoms with van der Waals surface area (Å²) in [6, 6.07) is 6.00. The van der Waals surface area contributed by atoms with E-state index in [1.807, 2.05) is 0 Å². The van der Waals surface area contributed by atoms with E-state index < -0.39 is 5.97 Å². The monoisotopic (exact) mass is 352 g/mol. The van der Waals surface area contributed by atoms with Crippen LogP contribution in [0.15, 0.2) is 29.2 Å². The summed E-state index contributed by atoms with van der Waals surface area (Å²) >= 11 is 6.40. The van der Waals surface area contributed by atoms with E-state index in [4.69, 9.17) is 12.2 Å². The number of rotatable bonds is 7. The van der Waals surface area contributed by atoms with Crippen LogP contribution in [0.3, 0.4) is 0 Å². The Kier molecular flexibility index (Phi) is 6.29. The standard InChI is InChI=1S/C16H16FNO3S2/c17-12-6-4-5-11(9-12)10-13-15(21)18(16(22)23-13)8-3-1-2-7-14(19)20/h4-6,9-10H,1-3,7-8H2,(H,19,20)/p-1/b13-10+. The van der Waals surface area contributed by atoms with Crippen molar-refractivity contribution in [2.24, 2.45) is 0 Å². The number of nitrogens with zero attached hydrogens (tertiary/aromatic N) is 1. The average molecular weight is 352 g/mol. The van der Waals surface area contributed by atoms with Crippen LogP contribution < -0.4 is 5.11 Å². The van der Waals surface area contributed by atoms with Gasteiger partial charge in [-0.3, -0.25) is 9.69 Å². The molecule has 4 nitrogen and oxygen atoms in total. The van der Waals surface area contributed by atoms with Crippen molar-refractivity contribution in [1.29, 1.82) is 0 Å². The van der Waals surface area contributed by atoms with Crippen molar-refractivity contribution in [3.63, 3.8) is 0 Å². The van der Waals surface area contributed by atoms with E-state index in [1.54, 1.807) is 18.2 Å². The van der Waals surface area contributed by atoms with Gasteiger partial charge in [-0.2, -0.15) is 0 Å². The summed E-state index contributed by atoms with van der Waals surface area (Å²) < 4.78 is 13.7. The highest BCUT2D eigenvalue weighted by molar-refractivity contribution is 8.26. The highest BCUT2D eigenvalue weighted by Crippen LogP contribution is 2.32. The molecule has 122 valence electrons. The fraction of sp³-hybridized carbons (Fsp3) is 0.312. The number of carbonyl (C=O) groups excluding carboxylic acids is 2. The summed E-state index contributed by atoms with van der Waals surface area (Å²) in [6.07, 6.45) is 3.54. The van der Waals surface area contributed by atoms with Gasteiger partial charge in [-0.25, -0.2) is 4.39 Å². The van der Waals surface area contributed by atoms with Crippen molar-refractivity contribution in [2.45, 2.75) is 25.7 Å². The van der Waals surface area contributed by atoms with Crippen LogP contribution >= 0.6 is 24.0 Å². The van der Waals surface area contributed by atoms with Gasteiger partial charge >= 0.3 is 0 Å². The Morgan fingerprint density at radius 1 is 1.35 bits per heavy atom. The number of benzene rings is 1. The van der Waals surface area contributed by atoms with Crippen molar-refractivity contribution >= 4 is 46.3 Å². The van der Waals surface area contributed by atoms with Crippen LogP contribution in [0.1, 0.15) is 31.2 Å². The van der Waals surface area contributed by atoms with Gasteiger partial charge in [0.1, 0.15) is 10.1 Å². The lowest BCUT2D eigenvalue weighted by Gasteiger charge is -2.14. The summed E-state index contributed by atoms with van der Waals surface area (Å²) in [6.45, 7) is 0.457. The van der Waals surface area contributed by atoms with E-state index in [0.29, 0.717) is 40.6 Å². The molecule has 0 aliphatic carbocycles. The molecule has 1 amide bonds. The highest BCUT2D eigenvalue weighted by Gasteiger charge is 2.31. The van der Waals surface area contributed by atoms with Crippen LogP contribution in [0.2, 0.25) is 0 Å². The molecule has 2 rings (SSSR count). The summed E-state index contributed by atoms with van der Waals surface area (Å²) in [5.41, 5.74) is 0.611. The lowest BCUT2D eigenvalue weighted by molar-refractivity contribution is -0.305. The molecule has 1 aromatic rings. The van der Waals surface area contributed by atoms with Crippen molar-refractivity contribution in [3.8, 4) is 0 Å². The Labute approximate surface area is 143 Å². The molecule has 0 radical (unpaired) electrons. The van der Waals surface area contributed by atoms with Gasteiger partial charge in [-0.1, -0.05) is 42.5 Å². The fourth-order valence-corrected chi connectivity index (χ4v) is 3.47. The summed E-state index contributed by atoms with van der Waals surface area (Å²) in [5, 5.41) is 10.3. The molecule has 1 heterocycles. The highest BCUT2D eigenvalue weighted by atomic mass is 32.2. The Bertz CT molecular complexity index is 660. The molecule has 0 bridgehead atoms. The van der Waals surface area contributed by atoms with E-state index in [0.717, 1.165) is 0 Å². The number of halogens is 1. The lowest BCUT2D eigenvalue weighted by Crippen LogP contribution is -2.29. The molecule has 1 aliphatic heterocycles. The predicted octanol–water partition coefficient (Wildman–Crippen LogP) is 2.34. The first kappa shape index (κ1) is 17.6. The number of thiocarbonyl (C=S) groups is 1. The van der Waals surface area contributed by atoms with Crippen molar-refractivity contribution in [3.05, 3.63) is 40.6 Å². The number of carboxylic acid groups (broad SMARTS) is 1. The van der Waals surface area contributed by atoms with Gasteiger partial charge in [-0.05, 0) is 43.0 Å². The van der Waals surface area contributed by atoms with Crippen LogP contribution in [0, 0.1) is 5.82 Å². The number of carboxylic acids is 1. The molecule has 23 heavy (non-hydrogen) atoms. The third kappa shape index (κ3) is 5.14. The summed E-state index contributed by atoms with van der Waals surface area (Å²) in [4.78, 5) is 24.6. The maximum absolute atomic E-state index is 13.2. The fourth-order valence-electron chi connectivity index (χ4n) is 2.16. The summed E-state index contributed by atoms with van der Waals surface area (Å²) in [7, 11) is 0. The zero-order chi connectivity index (χ0) is 16.8. The van der Waals surface area contributed by atoms with Gasteiger partial charge in [0, 0.05) is 12.5 Å². The average Bonchev–Trinajstić information content (AvgIpc) is 2.74. The van der Waals surface area contributed by atoms with E-state index in [1.165, 1.54) is 28.8 Å². The van der Waals surface area contributed by atoms with E-state index in [-0.39, 0.29) is 18.1 Å². The summed E-state index contributed by atoms with van der Waals surface area (Å²) in [5.74, 6) is -1.61. The first-order valence-corrected chi connectivity index (χ1v) is 8.40. The predicted molar refractivity (Wildman–Crippen MR) is 89.8 cm³/mol. The SMILES string of the molecule is O=C([O-])CCCCCN1C(=O)/C(=C\c2cccc(F)c2)SC1=S. The second-order valence-electron chi connectivity index (χ2n) is 5.07. The Balaban J connectivity index is 1.93. The molecule has 0 spiro atoms. The molecule has 1 fully saturated rings. The number of carbonyl (C=O) groups is 2. The van der Waals surface area contributed by atoms with Crippen LogP contribution in [0.25, 0.3) is 6.08 Å². The number of thioether (sulfide) groups is 1. The van der Waals surface area contributed by atoms with Crippen molar-refractivity contribution < 1.29 is 19.1 Å². The van der Waals surface area contributed by atoms with Gasteiger partial charge in [0.2, 0.25) is 0 Å². The van der Waals surface area contributed by atoms with Crippen LogP contribution in [0.4, 0.5) is 4.39 Å². The number of hydrogen-bond acceptors (Lipinski definition) is 5. The molecule has 0 aromatic heterocycles. The second-order valence-corrected chi connectivity index (χ2v) is 6.75. The zero-order valence-corrected chi connectivity index (χ0v) is 13.9. The van der Waals surface area contributed by atoms with Gasteiger partial charge < -0.3 is 9.90 Å². The van der Waals surface area contributed by atoms with Gasteiger partial charge in [0.25, 0.3) is 5.91 Å². The first-order valence-electron chi connectivity index (χ1n) is 7.18. The molecule has 0 saturated carbocycles. The van der Waals surface area contributed by atoms with Gasteiger partial charge in [-0.15, -0.1) is 0 Å². The van der Waals surface area contributed by atoms with Gasteiger partial charge in [0.05, 0.1) is 4.91 Å². The van der Waals surface area contributed by atoms with Crippen LogP contribution in [0.5, 0.6) is 0 Å². The smallest absolute Gasteiger partial charge is 0.266 e.